The van der Waals surface area contributed by atoms with Gasteiger partial charge in [0.15, 0.2) is 0 Å². The number of benzene rings is 1. The van der Waals surface area contributed by atoms with Crippen molar-refractivity contribution in [3.63, 3.8) is 0 Å². The maximum absolute atomic E-state index is 11.4. The summed E-state index contributed by atoms with van der Waals surface area (Å²) in [4.78, 5) is 11.4. The Bertz CT molecular complexity index is 421. The van der Waals surface area contributed by atoms with Crippen molar-refractivity contribution in [2.45, 2.75) is 25.8 Å². The molecule has 0 aliphatic heterocycles. The van der Waals surface area contributed by atoms with E-state index in [1.165, 1.54) is 0 Å². The van der Waals surface area contributed by atoms with Crippen molar-refractivity contribution in [1.82, 2.24) is 5.32 Å². The molecule has 0 bridgehead atoms. The molecule has 0 radical (unpaired) electrons. The summed E-state index contributed by atoms with van der Waals surface area (Å²) in [6, 6.07) is 5.16. The average Bonchev–Trinajstić information content (AvgIpc) is 2.45. The molecule has 5 heteroatoms. The van der Waals surface area contributed by atoms with Gasteiger partial charge in [-0.25, -0.2) is 0 Å². The van der Waals surface area contributed by atoms with Gasteiger partial charge in [0.2, 0.25) is 5.91 Å². The zero-order valence-corrected chi connectivity index (χ0v) is 11.5. The van der Waals surface area contributed by atoms with Crippen molar-refractivity contribution in [3.05, 3.63) is 29.3 Å². The van der Waals surface area contributed by atoms with Crippen LogP contribution in [0.2, 0.25) is 0 Å². The highest BCUT2D eigenvalue weighted by atomic mass is 16.5. The third-order valence-electron chi connectivity index (χ3n) is 2.97. The minimum atomic E-state index is -0.845. The van der Waals surface area contributed by atoms with Gasteiger partial charge < -0.3 is 20.9 Å². The van der Waals surface area contributed by atoms with E-state index >= 15 is 0 Å². The first-order valence-electron chi connectivity index (χ1n) is 6.42. The second-order valence-electron chi connectivity index (χ2n) is 4.33. The number of nitrogens with two attached hydrogens (primary N) is 1. The molecule has 0 saturated heterocycles. The molecule has 0 aliphatic rings. The number of rotatable bonds is 7. The first-order chi connectivity index (χ1) is 9.12. The standard InChI is InChI=1S/C14H22N2O3/c1-3-11-8-10(4-5-13(11)19-2)6-7-16-14(18)12(15)9-17/h4-5,8,12,17H,3,6-7,9,15H2,1-2H3,(H,16,18). The van der Waals surface area contributed by atoms with Crippen molar-refractivity contribution in [2.24, 2.45) is 5.73 Å². The number of aliphatic hydroxyl groups is 1. The van der Waals surface area contributed by atoms with Crippen molar-refractivity contribution in [3.8, 4) is 5.75 Å². The second kappa shape index (κ2) is 7.76. The Morgan fingerprint density at radius 2 is 2.26 bits per heavy atom. The molecule has 0 spiro atoms. The van der Waals surface area contributed by atoms with Gasteiger partial charge in [0.05, 0.1) is 13.7 Å². The fourth-order valence-corrected chi connectivity index (χ4v) is 1.81. The smallest absolute Gasteiger partial charge is 0.239 e. The van der Waals surface area contributed by atoms with Crippen LogP contribution in [0.3, 0.4) is 0 Å². The number of ether oxygens (including phenoxy) is 1. The van der Waals surface area contributed by atoms with Crippen LogP contribution >= 0.6 is 0 Å². The van der Waals surface area contributed by atoms with Crippen molar-refractivity contribution in [2.75, 3.05) is 20.3 Å². The molecular formula is C14H22N2O3. The molecule has 0 heterocycles. The minimum absolute atomic E-state index is 0.327. The molecule has 1 amide bonds. The third kappa shape index (κ3) is 4.54. The van der Waals surface area contributed by atoms with Crippen LogP contribution in [0, 0.1) is 0 Å². The summed E-state index contributed by atoms with van der Waals surface area (Å²) in [5.41, 5.74) is 7.69. The van der Waals surface area contributed by atoms with Gasteiger partial charge >= 0.3 is 0 Å². The largest absolute Gasteiger partial charge is 0.496 e. The van der Waals surface area contributed by atoms with Crippen LogP contribution in [0.15, 0.2) is 18.2 Å². The summed E-state index contributed by atoms with van der Waals surface area (Å²) in [7, 11) is 1.66. The average molecular weight is 266 g/mol. The van der Waals surface area contributed by atoms with E-state index in [9.17, 15) is 4.79 Å². The topological polar surface area (TPSA) is 84.6 Å². The summed E-state index contributed by atoms with van der Waals surface area (Å²) in [5, 5.41) is 11.4. The van der Waals surface area contributed by atoms with E-state index in [-0.39, 0.29) is 12.5 Å². The molecule has 1 unspecified atom stereocenters. The van der Waals surface area contributed by atoms with Gasteiger partial charge in [-0.1, -0.05) is 19.1 Å². The van der Waals surface area contributed by atoms with Crippen LogP contribution in [-0.2, 0) is 17.6 Å². The second-order valence-corrected chi connectivity index (χ2v) is 4.33. The predicted octanol–water partition coefficient (Wildman–Crippen LogP) is 0.236. The lowest BCUT2D eigenvalue weighted by Gasteiger charge is -2.11. The predicted molar refractivity (Wildman–Crippen MR) is 74.1 cm³/mol. The van der Waals surface area contributed by atoms with Crippen molar-refractivity contribution >= 4 is 5.91 Å². The quantitative estimate of drug-likeness (QED) is 0.660. The SMILES string of the molecule is CCc1cc(CCNC(=O)C(N)CO)ccc1OC. The lowest BCUT2D eigenvalue weighted by Crippen LogP contribution is -2.43. The van der Waals surface area contributed by atoms with Crippen LogP contribution in [-0.4, -0.2) is 37.3 Å². The normalized spacial score (nSPS) is 12.0. The summed E-state index contributed by atoms with van der Waals surface area (Å²) >= 11 is 0. The first kappa shape index (κ1) is 15.5. The van der Waals surface area contributed by atoms with Crippen LogP contribution in [0.5, 0.6) is 5.75 Å². The Morgan fingerprint density at radius 3 is 2.84 bits per heavy atom. The van der Waals surface area contributed by atoms with Gasteiger partial charge in [0.25, 0.3) is 0 Å². The molecule has 0 saturated carbocycles. The van der Waals surface area contributed by atoms with Gasteiger partial charge in [-0.05, 0) is 30.0 Å². The lowest BCUT2D eigenvalue weighted by molar-refractivity contribution is -0.123. The van der Waals surface area contributed by atoms with Gasteiger partial charge in [0, 0.05) is 6.54 Å². The minimum Gasteiger partial charge on any atom is -0.496 e. The molecule has 0 aliphatic carbocycles. The van der Waals surface area contributed by atoms with Gasteiger partial charge in [-0.15, -0.1) is 0 Å². The van der Waals surface area contributed by atoms with Crippen molar-refractivity contribution in [1.29, 1.82) is 0 Å². The molecule has 0 aromatic heterocycles. The monoisotopic (exact) mass is 266 g/mol. The molecule has 19 heavy (non-hydrogen) atoms. The fourth-order valence-electron chi connectivity index (χ4n) is 1.81. The highest BCUT2D eigenvalue weighted by Gasteiger charge is 2.10. The molecule has 106 valence electrons. The Balaban J connectivity index is 2.52. The van der Waals surface area contributed by atoms with Crippen molar-refractivity contribution < 1.29 is 14.6 Å². The molecular weight excluding hydrogens is 244 g/mol. The van der Waals surface area contributed by atoms with Crippen LogP contribution in [0.1, 0.15) is 18.1 Å². The fraction of sp³-hybridized carbons (Fsp3) is 0.500. The maximum Gasteiger partial charge on any atom is 0.239 e. The molecule has 1 aromatic rings. The zero-order valence-electron chi connectivity index (χ0n) is 11.5. The Morgan fingerprint density at radius 1 is 1.53 bits per heavy atom. The van der Waals surface area contributed by atoms with E-state index in [0.717, 1.165) is 29.7 Å². The number of hydrogen-bond donors (Lipinski definition) is 3. The highest BCUT2D eigenvalue weighted by molar-refractivity contribution is 5.81. The van der Waals surface area contributed by atoms with E-state index in [1.54, 1.807) is 7.11 Å². The number of aliphatic hydroxyl groups excluding tert-OH is 1. The summed E-state index contributed by atoms with van der Waals surface area (Å²) in [5.74, 6) is 0.560. The first-order valence-corrected chi connectivity index (χ1v) is 6.42. The zero-order chi connectivity index (χ0) is 14.3. The number of aryl methyl sites for hydroxylation is 1. The van der Waals surface area contributed by atoms with Gasteiger partial charge in [-0.3, -0.25) is 4.79 Å². The molecule has 1 aromatic carbocycles. The Hall–Kier alpha value is -1.59. The van der Waals surface area contributed by atoms with Gasteiger partial charge in [0.1, 0.15) is 11.8 Å². The molecule has 4 N–H and O–H groups in total. The van der Waals surface area contributed by atoms with Crippen LogP contribution in [0.4, 0.5) is 0 Å². The third-order valence-corrected chi connectivity index (χ3v) is 2.97. The maximum atomic E-state index is 11.4. The molecule has 5 nitrogen and oxygen atoms in total. The molecule has 1 atom stereocenters. The number of hydrogen-bond acceptors (Lipinski definition) is 4. The Kier molecular flexibility index (Phi) is 6.32. The molecule has 1 rings (SSSR count). The highest BCUT2D eigenvalue weighted by Crippen LogP contribution is 2.20. The summed E-state index contributed by atoms with van der Waals surface area (Å²) < 4.78 is 5.27. The number of methoxy groups -OCH3 is 1. The van der Waals surface area contributed by atoms with Gasteiger partial charge in [-0.2, -0.15) is 0 Å². The summed E-state index contributed by atoms with van der Waals surface area (Å²) in [6.45, 7) is 2.24. The summed E-state index contributed by atoms with van der Waals surface area (Å²) in [6.07, 6.45) is 1.62. The number of amides is 1. The van der Waals surface area contributed by atoms with E-state index in [4.69, 9.17) is 15.6 Å². The van der Waals surface area contributed by atoms with Crippen LogP contribution in [0.25, 0.3) is 0 Å². The van der Waals surface area contributed by atoms with Crippen LogP contribution < -0.4 is 15.8 Å². The lowest BCUT2D eigenvalue weighted by atomic mass is 10.1. The Labute approximate surface area is 113 Å². The number of carbonyl (C=O) groups is 1. The van der Waals surface area contributed by atoms with E-state index in [2.05, 4.69) is 18.3 Å². The van der Waals surface area contributed by atoms with E-state index < -0.39 is 6.04 Å². The number of carbonyl (C=O) groups excluding carboxylic acids is 1. The van der Waals surface area contributed by atoms with E-state index in [0.29, 0.717) is 6.54 Å². The number of nitrogens with one attached hydrogen (secondary N) is 1. The molecule has 0 fully saturated rings. The van der Waals surface area contributed by atoms with E-state index in [1.807, 2.05) is 12.1 Å².